The van der Waals surface area contributed by atoms with E-state index in [0.29, 0.717) is 0 Å². The second kappa shape index (κ2) is 3.35. The first-order chi connectivity index (χ1) is 7.38. The third-order valence-electron chi connectivity index (χ3n) is 2.85. The Bertz CT molecular complexity index is 619. The molecule has 0 radical (unpaired) electrons. The third kappa shape index (κ3) is 1.35. The quantitative estimate of drug-likeness (QED) is 0.552. The van der Waals surface area contributed by atoms with Gasteiger partial charge in [-0.25, -0.2) is 0 Å². The van der Waals surface area contributed by atoms with E-state index in [0.717, 1.165) is 6.42 Å². The molecular weight excluding hydrogens is 200 g/mol. The Labute approximate surface area is 93.2 Å². The maximum Gasteiger partial charge on any atom is 0.0358 e. The Balaban J connectivity index is 2.43. The van der Waals surface area contributed by atoms with Crippen molar-refractivity contribution in [2.45, 2.75) is 13.3 Å². The van der Waals surface area contributed by atoms with E-state index < -0.39 is 0 Å². The highest BCUT2D eigenvalue weighted by molar-refractivity contribution is 7.25. The van der Waals surface area contributed by atoms with Crippen molar-refractivity contribution in [2.24, 2.45) is 0 Å². The minimum absolute atomic E-state index is 1.12. The van der Waals surface area contributed by atoms with Gasteiger partial charge in [-0.3, -0.25) is 0 Å². The van der Waals surface area contributed by atoms with Gasteiger partial charge in [0, 0.05) is 20.2 Å². The van der Waals surface area contributed by atoms with Crippen LogP contribution in [0.15, 0.2) is 42.5 Å². The second-order valence-corrected chi connectivity index (χ2v) is 4.87. The average Bonchev–Trinajstić information content (AvgIpc) is 2.66. The minimum atomic E-state index is 1.12. The summed E-state index contributed by atoms with van der Waals surface area (Å²) in [5.74, 6) is 0. The number of hydrogen-bond acceptors (Lipinski definition) is 1. The average molecular weight is 212 g/mol. The summed E-state index contributed by atoms with van der Waals surface area (Å²) in [4.78, 5) is 0. The molecule has 0 nitrogen and oxygen atoms in total. The molecule has 0 aliphatic carbocycles. The molecule has 1 heteroatoms. The predicted octanol–water partition coefficient (Wildman–Crippen LogP) is 4.62. The van der Waals surface area contributed by atoms with Crippen molar-refractivity contribution in [3.63, 3.8) is 0 Å². The van der Waals surface area contributed by atoms with E-state index in [1.807, 2.05) is 11.3 Å². The van der Waals surface area contributed by atoms with Crippen LogP contribution in [0.4, 0.5) is 0 Å². The number of rotatable bonds is 1. The van der Waals surface area contributed by atoms with E-state index in [-0.39, 0.29) is 0 Å². The second-order valence-electron chi connectivity index (χ2n) is 3.78. The molecule has 0 spiro atoms. The SMILES string of the molecule is CCc1ccc2c(c1)sc1ccccc12. The Morgan fingerprint density at radius 2 is 1.73 bits per heavy atom. The summed E-state index contributed by atoms with van der Waals surface area (Å²) in [5, 5.41) is 2.79. The molecule has 0 saturated carbocycles. The molecule has 0 aliphatic heterocycles. The van der Waals surface area contributed by atoms with Crippen molar-refractivity contribution in [1.82, 2.24) is 0 Å². The Kier molecular flexibility index (Phi) is 2.00. The van der Waals surface area contributed by atoms with Crippen molar-refractivity contribution >= 4 is 31.5 Å². The normalized spacial score (nSPS) is 11.3. The van der Waals surface area contributed by atoms with Gasteiger partial charge in [0.25, 0.3) is 0 Å². The van der Waals surface area contributed by atoms with Crippen LogP contribution in [-0.4, -0.2) is 0 Å². The Morgan fingerprint density at radius 3 is 2.60 bits per heavy atom. The molecule has 0 amide bonds. The standard InChI is InChI=1S/C14H12S/c1-2-10-7-8-12-11-5-3-4-6-13(11)15-14(12)9-10/h3-9H,2H2,1H3. The molecule has 1 aromatic heterocycles. The summed E-state index contributed by atoms with van der Waals surface area (Å²) < 4.78 is 2.80. The van der Waals surface area contributed by atoms with Gasteiger partial charge in [-0.2, -0.15) is 0 Å². The number of aryl methyl sites for hydroxylation is 1. The maximum absolute atomic E-state index is 2.32. The zero-order valence-corrected chi connectivity index (χ0v) is 9.47. The van der Waals surface area contributed by atoms with Crippen molar-refractivity contribution in [3.8, 4) is 0 Å². The van der Waals surface area contributed by atoms with Crippen molar-refractivity contribution in [2.75, 3.05) is 0 Å². The third-order valence-corrected chi connectivity index (χ3v) is 3.99. The van der Waals surface area contributed by atoms with Gasteiger partial charge in [0.2, 0.25) is 0 Å². The van der Waals surface area contributed by atoms with Crippen molar-refractivity contribution in [3.05, 3.63) is 48.0 Å². The monoisotopic (exact) mass is 212 g/mol. The van der Waals surface area contributed by atoms with Gasteiger partial charge < -0.3 is 0 Å². The fraction of sp³-hybridized carbons (Fsp3) is 0.143. The summed E-state index contributed by atoms with van der Waals surface area (Å²) >= 11 is 1.89. The first-order valence-electron chi connectivity index (χ1n) is 5.28. The van der Waals surface area contributed by atoms with Crippen LogP contribution in [0.3, 0.4) is 0 Å². The largest absolute Gasteiger partial charge is 0.135 e. The lowest BCUT2D eigenvalue weighted by Gasteiger charge is -1.95. The molecule has 0 fully saturated rings. The van der Waals surface area contributed by atoms with E-state index in [1.54, 1.807) is 0 Å². The molecule has 0 bridgehead atoms. The van der Waals surface area contributed by atoms with Crippen LogP contribution in [0, 0.1) is 0 Å². The number of hydrogen-bond donors (Lipinski definition) is 0. The molecular formula is C14H12S. The van der Waals surface area contributed by atoms with E-state index in [9.17, 15) is 0 Å². The van der Waals surface area contributed by atoms with Crippen molar-refractivity contribution in [1.29, 1.82) is 0 Å². The van der Waals surface area contributed by atoms with Crippen LogP contribution in [0.5, 0.6) is 0 Å². The summed E-state index contributed by atoms with van der Waals surface area (Å²) in [6.07, 6.45) is 1.12. The highest BCUT2D eigenvalue weighted by Gasteiger charge is 2.03. The van der Waals surface area contributed by atoms with Crippen LogP contribution in [0.25, 0.3) is 20.2 Å². The molecule has 0 unspecified atom stereocenters. The van der Waals surface area contributed by atoms with Crippen LogP contribution in [0.1, 0.15) is 12.5 Å². The molecule has 15 heavy (non-hydrogen) atoms. The number of thiophene rings is 1. The van der Waals surface area contributed by atoms with Crippen LogP contribution in [-0.2, 0) is 6.42 Å². The molecule has 0 saturated heterocycles. The fourth-order valence-electron chi connectivity index (χ4n) is 1.99. The lowest BCUT2D eigenvalue weighted by Crippen LogP contribution is -1.76. The minimum Gasteiger partial charge on any atom is -0.135 e. The highest BCUT2D eigenvalue weighted by Crippen LogP contribution is 2.33. The number of fused-ring (bicyclic) bond motifs is 3. The molecule has 0 N–H and O–H groups in total. The van der Waals surface area contributed by atoms with E-state index in [4.69, 9.17) is 0 Å². The molecule has 0 atom stereocenters. The Morgan fingerprint density at radius 1 is 0.933 bits per heavy atom. The molecule has 3 rings (SSSR count). The van der Waals surface area contributed by atoms with Gasteiger partial charge in [-0.05, 0) is 24.1 Å². The number of benzene rings is 2. The first kappa shape index (κ1) is 8.93. The predicted molar refractivity (Wildman–Crippen MR) is 68.7 cm³/mol. The molecule has 1 heterocycles. The fourth-order valence-corrected chi connectivity index (χ4v) is 3.16. The first-order valence-corrected chi connectivity index (χ1v) is 6.10. The van der Waals surface area contributed by atoms with Gasteiger partial charge in [-0.1, -0.05) is 37.3 Å². The smallest absolute Gasteiger partial charge is 0.0358 e. The topological polar surface area (TPSA) is 0 Å². The van der Waals surface area contributed by atoms with Gasteiger partial charge in [0.1, 0.15) is 0 Å². The van der Waals surface area contributed by atoms with Gasteiger partial charge >= 0.3 is 0 Å². The van der Waals surface area contributed by atoms with Gasteiger partial charge in [0.15, 0.2) is 0 Å². The van der Waals surface area contributed by atoms with Crippen molar-refractivity contribution < 1.29 is 0 Å². The van der Waals surface area contributed by atoms with E-state index in [2.05, 4.69) is 49.4 Å². The lowest BCUT2D eigenvalue weighted by molar-refractivity contribution is 1.15. The van der Waals surface area contributed by atoms with Gasteiger partial charge in [-0.15, -0.1) is 11.3 Å². The van der Waals surface area contributed by atoms with Crippen LogP contribution < -0.4 is 0 Å². The zero-order valence-electron chi connectivity index (χ0n) is 8.66. The summed E-state index contributed by atoms with van der Waals surface area (Å²) in [6.45, 7) is 2.20. The Hall–Kier alpha value is -1.34. The molecule has 74 valence electrons. The van der Waals surface area contributed by atoms with E-state index >= 15 is 0 Å². The zero-order chi connectivity index (χ0) is 10.3. The van der Waals surface area contributed by atoms with Crippen LogP contribution >= 0.6 is 11.3 Å². The molecule has 2 aromatic carbocycles. The summed E-state index contributed by atoms with van der Waals surface area (Å²) in [6, 6.07) is 15.4. The summed E-state index contributed by atoms with van der Waals surface area (Å²) in [5.41, 5.74) is 1.43. The molecule has 3 aromatic rings. The highest BCUT2D eigenvalue weighted by atomic mass is 32.1. The summed E-state index contributed by atoms with van der Waals surface area (Å²) in [7, 11) is 0. The molecule has 0 aliphatic rings. The lowest BCUT2D eigenvalue weighted by atomic mass is 10.1. The van der Waals surface area contributed by atoms with Crippen LogP contribution in [0.2, 0.25) is 0 Å². The maximum atomic E-state index is 2.32. The van der Waals surface area contributed by atoms with Gasteiger partial charge in [0.05, 0.1) is 0 Å². The van der Waals surface area contributed by atoms with E-state index in [1.165, 1.54) is 25.7 Å².